The van der Waals surface area contributed by atoms with E-state index in [0.29, 0.717) is 0 Å². The molecule has 1 aliphatic rings. The van der Waals surface area contributed by atoms with Gasteiger partial charge < -0.3 is 9.84 Å². The van der Waals surface area contributed by atoms with Crippen LogP contribution in [0.15, 0.2) is 36.4 Å². The van der Waals surface area contributed by atoms with Crippen molar-refractivity contribution in [1.29, 1.82) is 0 Å². The fourth-order valence-electron chi connectivity index (χ4n) is 3.28. The number of benzene rings is 2. The van der Waals surface area contributed by atoms with Crippen LogP contribution in [-0.2, 0) is 0 Å². The van der Waals surface area contributed by atoms with Crippen molar-refractivity contribution >= 4 is 10.8 Å². The molecule has 2 aromatic carbocycles. The molecule has 0 spiro atoms. The minimum atomic E-state index is -0.242. The number of methoxy groups -OCH3 is 1. The van der Waals surface area contributed by atoms with E-state index in [2.05, 4.69) is 30.3 Å². The third-order valence-electron chi connectivity index (χ3n) is 4.25. The summed E-state index contributed by atoms with van der Waals surface area (Å²) in [6, 6.07) is 12.5. The van der Waals surface area contributed by atoms with Crippen molar-refractivity contribution < 1.29 is 9.84 Å². The lowest BCUT2D eigenvalue weighted by Crippen LogP contribution is -2.23. The molecule has 1 N–H and O–H groups in total. The molecule has 1 fully saturated rings. The Kier molecular flexibility index (Phi) is 3.43. The van der Waals surface area contributed by atoms with Crippen LogP contribution in [0.1, 0.15) is 37.2 Å². The molecule has 2 atom stereocenters. The minimum Gasteiger partial charge on any atom is -0.496 e. The summed E-state index contributed by atoms with van der Waals surface area (Å²) in [6.07, 6.45) is 4.02. The quantitative estimate of drug-likeness (QED) is 0.884. The van der Waals surface area contributed by atoms with E-state index in [-0.39, 0.29) is 12.0 Å². The van der Waals surface area contributed by atoms with Gasteiger partial charge in [0.15, 0.2) is 0 Å². The first kappa shape index (κ1) is 12.5. The van der Waals surface area contributed by atoms with Gasteiger partial charge in [0, 0.05) is 11.5 Å². The van der Waals surface area contributed by atoms with Crippen molar-refractivity contribution in [3.63, 3.8) is 0 Å². The van der Waals surface area contributed by atoms with Crippen molar-refractivity contribution in [3.8, 4) is 5.75 Å². The highest BCUT2D eigenvalue weighted by Crippen LogP contribution is 2.41. The molecule has 2 nitrogen and oxygen atoms in total. The highest BCUT2D eigenvalue weighted by atomic mass is 16.5. The number of aliphatic hydroxyl groups is 1. The lowest BCUT2D eigenvalue weighted by atomic mass is 9.79. The number of ether oxygens (including phenoxy) is 1. The van der Waals surface area contributed by atoms with Crippen molar-refractivity contribution in [2.45, 2.75) is 37.7 Å². The number of aliphatic hydroxyl groups excluding tert-OH is 1. The molecule has 0 saturated heterocycles. The van der Waals surface area contributed by atoms with E-state index in [4.69, 9.17) is 4.74 Å². The Labute approximate surface area is 114 Å². The number of fused-ring (bicyclic) bond motifs is 1. The van der Waals surface area contributed by atoms with Gasteiger partial charge in [-0.1, -0.05) is 43.2 Å². The van der Waals surface area contributed by atoms with E-state index in [1.165, 1.54) is 22.8 Å². The van der Waals surface area contributed by atoms with Gasteiger partial charge in [-0.05, 0) is 29.7 Å². The number of hydrogen-bond donors (Lipinski definition) is 1. The van der Waals surface area contributed by atoms with Crippen LogP contribution in [0.5, 0.6) is 5.75 Å². The largest absolute Gasteiger partial charge is 0.496 e. The third kappa shape index (κ3) is 2.21. The zero-order valence-electron chi connectivity index (χ0n) is 11.3. The van der Waals surface area contributed by atoms with Crippen LogP contribution in [0.4, 0.5) is 0 Å². The Morgan fingerprint density at radius 3 is 2.63 bits per heavy atom. The first-order valence-electron chi connectivity index (χ1n) is 7.05. The number of hydrogen-bond acceptors (Lipinski definition) is 2. The highest BCUT2D eigenvalue weighted by Gasteiger charge is 2.28. The summed E-state index contributed by atoms with van der Waals surface area (Å²) in [4.78, 5) is 0. The van der Waals surface area contributed by atoms with Gasteiger partial charge in [-0.25, -0.2) is 0 Å². The average Bonchev–Trinajstić information content (AvgIpc) is 2.47. The second kappa shape index (κ2) is 5.22. The summed E-state index contributed by atoms with van der Waals surface area (Å²) in [5.41, 5.74) is 1.19. The van der Waals surface area contributed by atoms with Crippen LogP contribution in [0.25, 0.3) is 10.8 Å². The fraction of sp³-hybridized carbons (Fsp3) is 0.412. The van der Waals surface area contributed by atoms with Gasteiger partial charge in [0.1, 0.15) is 5.75 Å². The molecular weight excluding hydrogens is 236 g/mol. The zero-order valence-corrected chi connectivity index (χ0v) is 11.3. The van der Waals surface area contributed by atoms with E-state index in [0.717, 1.165) is 25.0 Å². The van der Waals surface area contributed by atoms with Crippen molar-refractivity contribution in [1.82, 2.24) is 0 Å². The van der Waals surface area contributed by atoms with Crippen molar-refractivity contribution in [2.75, 3.05) is 7.11 Å². The van der Waals surface area contributed by atoms with E-state index >= 15 is 0 Å². The molecule has 100 valence electrons. The minimum absolute atomic E-state index is 0.204. The Hall–Kier alpha value is -1.54. The molecule has 0 amide bonds. The standard InChI is InChI=1S/C17H20O2/c1-19-16-11-10-12-6-2-3-7-13(12)17(16)14-8-4-5-9-15(14)18/h2-3,6-7,10-11,14-15,18H,4-5,8-9H2,1H3/t14-,15+/m1/s1. The molecule has 19 heavy (non-hydrogen) atoms. The second-order valence-corrected chi connectivity index (χ2v) is 5.36. The fourth-order valence-corrected chi connectivity index (χ4v) is 3.28. The molecule has 0 heterocycles. The summed E-state index contributed by atoms with van der Waals surface area (Å²) in [6.45, 7) is 0. The molecule has 1 aliphatic carbocycles. The molecule has 0 unspecified atom stereocenters. The maximum absolute atomic E-state index is 10.3. The van der Waals surface area contributed by atoms with Crippen LogP contribution in [0, 0.1) is 0 Å². The van der Waals surface area contributed by atoms with Crippen LogP contribution >= 0.6 is 0 Å². The van der Waals surface area contributed by atoms with Gasteiger partial charge in [-0.3, -0.25) is 0 Å². The van der Waals surface area contributed by atoms with E-state index < -0.39 is 0 Å². The Balaban J connectivity index is 2.18. The molecule has 3 rings (SSSR count). The summed E-state index contributed by atoms with van der Waals surface area (Å²) < 4.78 is 5.54. The highest BCUT2D eigenvalue weighted by molar-refractivity contribution is 5.88. The van der Waals surface area contributed by atoms with Gasteiger partial charge in [0.25, 0.3) is 0 Å². The van der Waals surface area contributed by atoms with Gasteiger partial charge >= 0.3 is 0 Å². The molecule has 0 bridgehead atoms. The monoisotopic (exact) mass is 256 g/mol. The van der Waals surface area contributed by atoms with Gasteiger partial charge in [-0.2, -0.15) is 0 Å². The van der Waals surface area contributed by atoms with Crippen molar-refractivity contribution in [2.24, 2.45) is 0 Å². The smallest absolute Gasteiger partial charge is 0.123 e. The predicted octanol–water partition coefficient (Wildman–Crippen LogP) is 3.87. The van der Waals surface area contributed by atoms with Crippen LogP contribution in [0.2, 0.25) is 0 Å². The van der Waals surface area contributed by atoms with E-state index in [1.807, 2.05) is 6.07 Å². The normalized spacial score (nSPS) is 23.5. The molecule has 0 aromatic heterocycles. The molecule has 2 aromatic rings. The SMILES string of the molecule is COc1ccc2ccccc2c1[C@@H]1CCCC[C@@H]1O. The predicted molar refractivity (Wildman–Crippen MR) is 77.7 cm³/mol. The van der Waals surface area contributed by atoms with Crippen molar-refractivity contribution in [3.05, 3.63) is 42.0 Å². The average molecular weight is 256 g/mol. The van der Waals surface area contributed by atoms with E-state index in [9.17, 15) is 5.11 Å². The maximum atomic E-state index is 10.3. The lowest BCUT2D eigenvalue weighted by Gasteiger charge is -2.30. The molecule has 1 saturated carbocycles. The zero-order chi connectivity index (χ0) is 13.2. The molecule has 0 aliphatic heterocycles. The van der Waals surface area contributed by atoms with Gasteiger partial charge in [0.05, 0.1) is 13.2 Å². The Morgan fingerprint density at radius 1 is 1.05 bits per heavy atom. The molecule has 0 radical (unpaired) electrons. The first-order valence-corrected chi connectivity index (χ1v) is 7.05. The molecular formula is C17H20O2. The van der Waals surface area contributed by atoms with Crippen LogP contribution < -0.4 is 4.74 Å². The van der Waals surface area contributed by atoms with Gasteiger partial charge in [-0.15, -0.1) is 0 Å². The van der Waals surface area contributed by atoms with Gasteiger partial charge in [0.2, 0.25) is 0 Å². The summed E-state index contributed by atoms with van der Waals surface area (Å²) in [5.74, 6) is 1.11. The topological polar surface area (TPSA) is 29.5 Å². The van der Waals surface area contributed by atoms with Crippen LogP contribution in [0.3, 0.4) is 0 Å². The molecule has 2 heteroatoms. The summed E-state index contributed by atoms with van der Waals surface area (Å²) in [5, 5.41) is 12.8. The lowest BCUT2D eigenvalue weighted by molar-refractivity contribution is 0.105. The van der Waals surface area contributed by atoms with Crippen LogP contribution in [-0.4, -0.2) is 18.3 Å². The number of rotatable bonds is 2. The maximum Gasteiger partial charge on any atom is 0.123 e. The Bertz CT molecular complexity index is 576. The summed E-state index contributed by atoms with van der Waals surface area (Å²) in [7, 11) is 1.71. The first-order chi connectivity index (χ1) is 9.31. The summed E-state index contributed by atoms with van der Waals surface area (Å²) >= 11 is 0. The third-order valence-corrected chi connectivity index (χ3v) is 4.25. The Morgan fingerprint density at radius 2 is 1.84 bits per heavy atom. The van der Waals surface area contributed by atoms with E-state index in [1.54, 1.807) is 7.11 Å². The second-order valence-electron chi connectivity index (χ2n) is 5.36.